The summed E-state index contributed by atoms with van der Waals surface area (Å²) in [5.74, 6) is 2.61. The molecule has 0 bridgehead atoms. The number of rotatable bonds is 4. The molecule has 0 saturated carbocycles. The van der Waals surface area contributed by atoms with Crippen LogP contribution in [0.1, 0.15) is 37.0 Å². The van der Waals surface area contributed by atoms with Crippen molar-refractivity contribution in [1.29, 1.82) is 0 Å². The second-order valence-electron chi connectivity index (χ2n) is 6.29. The molecule has 1 spiro atoms. The van der Waals surface area contributed by atoms with Crippen molar-refractivity contribution in [2.75, 3.05) is 24.7 Å². The standard InChI is InChI=1S/C16H24N2O2S2/c1-12(14-3-2-7-22-14)10-17-15(19)18-13-4-6-20-16(9-13)5-8-21-11-16/h2-3,7,12-13H,4-6,8-11H2,1H3,(H2,17,18,19)/t12-,13-,16-/m1/s1. The molecule has 2 saturated heterocycles. The van der Waals surface area contributed by atoms with Gasteiger partial charge in [-0.05, 0) is 36.5 Å². The van der Waals surface area contributed by atoms with Crippen LogP contribution in [-0.2, 0) is 4.74 Å². The third-order valence-corrected chi connectivity index (χ3v) is 6.82. The summed E-state index contributed by atoms with van der Waals surface area (Å²) in [6.07, 6.45) is 2.99. The van der Waals surface area contributed by atoms with Crippen LogP contribution in [0.4, 0.5) is 4.79 Å². The van der Waals surface area contributed by atoms with Crippen molar-refractivity contribution in [3.05, 3.63) is 22.4 Å². The number of ether oxygens (including phenoxy) is 1. The number of carbonyl (C=O) groups is 1. The molecule has 1 aromatic heterocycles. The van der Waals surface area contributed by atoms with Crippen LogP contribution in [0.2, 0.25) is 0 Å². The van der Waals surface area contributed by atoms with Crippen LogP contribution in [-0.4, -0.2) is 42.3 Å². The number of thioether (sulfide) groups is 1. The minimum Gasteiger partial charge on any atom is -0.374 e. The normalized spacial score (nSPS) is 29.4. The van der Waals surface area contributed by atoms with Crippen LogP contribution < -0.4 is 10.6 Å². The Balaban J connectivity index is 1.43. The van der Waals surface area contributed by atoms with E-state index < -0.39 is 0 Å². The maximum atomic E-state index is 12.1. The predicted octanol–water partition coefficient (Wildman–Crippen LogP) is 3.21. The van der Waals surface area contributed by atoms with Gasteiger partial charge in [0.05, 0.1) is 5.60 Å². The molecule has 2 fully saturated rings. The van der Waals surface area contributed by atoms with Gasteiger partial charge in [-0.15, -0.1) is 11.3 Å². The first-order valence-electron chi connectivity index (χ1n) is 7.96. The molecule has 2 N–H and O–H groups in total. The monoisotopic (exact) mass is 340 g/mol. The molecule has 2 aliphatic heterocycles. The zero-order valence-electron chi connectivity index (χ0n) is 13.0. The predicted molar refractivity (Wildman–Crippen MR) is 92.9 cm³/mol. The molecule has 22 heavy (non-hydrogen) atoms. The summed E-state index contributed by atoms with van der Waals surface area (Å²) in [7, 11) is 0. The largest absolute Gasteiger partial charge is 0.374 e. The van der Waals surface area contributed by atoms with Gasteiger partial charge in [-0.25, -0.2) is 4.79 Å². The zero-order chi connectivity index (χ0) is 15.4. The lowest BCUT2D eigenvalue weighted by atomic mass is 9.90. The molecule has 0 aromatic carbocycles. The molecular formula is C16H24N2O2S2. The lowest BCUT2D eigenvalue weighted by Crippen LogP contribution is -2.51. The van der Waals surface area contributed by atoms with E-state index in [1.54, 1.807) is 11.3 Å². The molecule has 2 aliphatic rings. The highest BCUT2D eigenvalue weighted by Gasteiger charge is 2.40. The molecule has 6 heteroatoms. The number of carbonyl (C=O) groups excluding carboxylic acids is 1. The number of thiophene rings is 1. The van der Waals surface area contributed by atoms with Crippen molar-refractivity contribution in [2.45, 2.75) is 43.7 Å². The van der Waals surface area contributed by atoms with Crippen LogP contribution in [0.25, 0.3) is 0 Å². The summed E-state index contributed by atoms with van der Waals surface area (Å²) >= 11 is 3.70. The van der Waals surface area contributed by atoms with Crippen molar-refractivity contribution in [1.82, 2.24) is 10.6 Å². The second kappa shape index (κ2) is 7.23. The Morgan fingerprint density at radius 1 is 1.59 bits per heavy atom. The third-order valence-electron chi connectivity index (χ3n) is 4.49. The van der Waals surface area contributed by atoms with Gasteiger partial charge in [-0.2, -0.15) is 11.8 Å². The van der Waals surface area contributed by atoms with Crippen LogP contribution in [0, 0.1) is 0 Å². The molecule has 0 radical (unpaired) electrons. The Kier molecular flexibility index (Phi) is 5.31. The number of amides is 2. The van der Waals surface area contributed by atoms with Crippen molar-refractivity contribution in [2.24, 2.45) is 0 Å². The average Bonchev–Trinajstić information content (AvgIpc) is 3.17. The highest BCUT2D eigenvalue weighted by atomic mass is 32.2. The molecule has 0 unspecified atom stereocenters. The Hall–Kier alpha value is -0.720. The quantitative estimate of drug-likeness (QED) is 0.885. The Morgan fingerprint density at radius 3 is 3.23 bits per heavy atom. The summed E-state index contributed by atoms with van der Waals surface area (Å²) < 4.78 is 5.99. The number of urea groups is 1. The van der Waals surface area contributed by atoms with E-state index in [-0.39, 0.29) is 17.7 Å². The van der Waals surface area contributed by atoms with E-state index in [1.807, 2.05) is 11.8 Å². The van der Waals surface area contributed by atoms with Gasteiger partial charge in [0.25, 0.3) is 0 Å². The van der Waals surface area contributed by atoms with E-state index >= 15 is 0 Å². The van der Waals surface area contributed by atoms with E-state index in [1.165, 1.54) is 10.6 Å². The van der Waals surface area contributed by atoms with Gasteiger partial charge in [-0.1, -0.05) is 13.0 Å². The first-order valence-corrected chi connectivity index (χ1v) is 10.00. The topological polar surface area (TPSA) is 50.4 Å². The molecule has 0 aliphatic carbocycles. The van der Waals surface area contributed by atoms with Crippen molar-refractivity contribution < 1.29 is 9.53 Å². The number of nitrogens with one attached hydrogen (secondary N) is 2. The van der Waals surface area contributed by atoms with Gasteiger partial charge in [0.2, 0.25) is 0 Å². The van der Waals surface area contributed by atoms with Gasteiger partial charge in [-0.3, -0.25) is 0 Å². The number of hydrogen-bond donors (Lipinski definition) is 2. The van der Waals surface area contributed by atoms with E-state index in [0.29, 0.717) is 12.5 Å². The van der Waals surface area contributed by atoms with E-state index in [0.717, 1.165) is 31.6 Å². The Bertz CT molecular complexity index is 486. The van der Waals surface area contributed by atoms with Gasteiger partial charge < -0.3 is 15.4 Å². The summed E-state index contributed by atoms with van der Waals surface area (Å²) in [6, 6.07) is 4.37. The Morgan fingerprint density at radius 2 is 2.50 bits per heavy atom. The molecule has 2 amide bonds. The third kappa shape index (κ3) is 3.97. The zero-order valence-corrected chi connectivity index (χ0v) is 14.6. The van der Waals surface area contributed by atoms with Gasteiger partial charge in [0, 0.05) is 35.7 Å². The molecular weight excluding hydrogens is 316 g/mol. The highest BCUT2D eigenvalue weighted by molar-refractivity contribution is 7.99. The Labute approximate surface area is 140 Å². The second-order valence-corrected chi connectivity index (χ2v) is 8.38. The molecule has 3 atom stereocenters. The molecule has 3 rings (SSSR count). The van der Waals surface area contributed by atoms with Crippen molar-refractivity contribution in [3.63, 3.8) is 0 Å². The maximum Gasteiger partial charge on any atom is 0.315 e. The van der Waals surface area contributed by atoms with Gasteiger partial charge >= 0.3 is 6.03 Å². The molecule has 1 aromatic rings. The first kappa shape index (κ1) is 16.1. The van der Waals surface area contributed by atoms with Crippen LogP contribution >= 0.6 is 23.1 Å². The lowest BCUT2D eigenvalue weighted by molar-refractivity contribution is -0.0684. The van der Waals surface area contributed by atoms with Crippen LogP contribution in [0.3, 0.4) is 0 Å². The van der Waals surface area contributed by atoms with Crippen LogP contribution in [0.5, 0.6) is 0 Å². The average molecular weight is 341 g/mol. The fourth-order valence-electron chi connectivity index (χ4n) is 3.17. The fourth-order valence-corrected chi connectivity index (χ4v) is 5.33. The summed E-state index contributed by atoms with van der Waals surface area (Å²) in [4.78, 5) is 13.4. The fraction of sp³-hybridized carbons (Fsp3) is 0.688. The van der Waals surface area contributed by atoms with Gasteiger partial charge in [0.1, 0.15) is 0 Å². The smallest absolute Gasteiger partial charge is 0.315 e. The summed E-state index contributed by atoms with van der Waals surface area (Å²) in [5.41, 5.74) is 0.0190. The highest BCUT2D eigenvalue weighted by Crippen LogP contribution is 2.38. The van der Waals surface area contributed by atoms with Crippen LogP contribution in [0.15, 0.2) is 17.5 Å². The van der Waals surface area contributed by atoms with E-state index in [9.17, 15) is 4.79 Å². The molecule has 3 heterocycles. The van der Waals surface area contributed by atoms with Crippen molar-refractivity contribution >= 4 is 29.1 Å². The summed E-state index contributed by atoms with van der Waals surface area (Å²) in [6.45, 7) is 3.58. The minimum atomic E-state index is -0.0453. The van der Waals surface area contributed by atoms with E-state index in [4.69, 9.17) is 4.74 Å². The number of hydrogen-bond acceptors (Lipinski definition) is 4. The molecule has 4 nitrogen and oxygen atoms in total. The SMILES string of the molecule is C[C@H](CNC(=O)N[C@@H]1CCO[C@]2(CCSC2)C1)c1cccs1. The van der Waals surface area contributed by atoms with E-state index in [2.05, 4.69) is 35.1 Å². The van der Waals surface area contributed by atoms with Gasteiger partial charge in [0.15, 0.2) is 0 Å². The van der Waals surface area contributed by atoms with Crippen molar-refractivity contribution in [3.8, 4) is 0 Å². The summed E-state index contributed by atoms with van der Waals surface area (Å²) in [5, 5.41) is 8.22. The lowest BCUT2D eigenvalue weighted by Gasteiger charge is -2.38. The first-order chi connectivity index (χ1) is 10.7. The molecule has 122 valence electrons. The minimum absolute atomic E-state index is 0.0190. The maximum absolute atomic E-state index is 12.1.